The minimum absolute atomic E-state index is 0.00129. The smallest absolute Gasteiger partial charge is 0.231 e. The lowest BCUT2D eigenvalue weighted by atomic mass is 10.2. The van der Waals surface area contributed by atoms with Crippen LogP contribution in [0.2, 0.25) is 0 Å². The summed E-state index contributed by atoms with van der Waals surface area (Å²) in [6, 6.07) is 5.60. The normalized spacial score (nSPS) is 18.4. The zero-order valence-electron chi connectivity index (χ0n) is 12.1. The first-order valence-corrected chi connectivity index (χ1v) is 8.29. The highest BCUT2D eigenvalue weighted by Crippen LogP contribution is 2.09. The molecular formula is C14H17FN4O2S. The molecule has 0 aliphatic carbocycles. The van der Waals surface area contributed by atoms with Gasteiger partial charge in [0.1, 0.15) is 5.82 Å². The van der Waals surface area contributed by atoms with Crippen LogP contribution in [0.25, 0.3) is 0 Å². The van der Waals surface area contributed by atoms with Crippen molar-refractivity contribution in [2.45, 2.75) is 19.8 Å². The fourth-order valence-electron chi connectivity index (χ4n) is 1.70. The van der Waals surface area contributed by atoms with Crippen LogP contribution in [0.3, 0.4) is 0 Å². The third kappa shape index (κ3) is 5.36. The number of halogens is 1. The lowest BCUT2D eigenvalue weighted by Gasteiger charge is -2.04. The van der Waals surface area contributed by atoms with Crippen LogP contribution in [-0.4, -0.2) is 29.2 Å². The van der Waals surface area contributed by atoms with E-state index in [1.807, 2.05) is 0 Å². The van der Waals surface area contributed by atoms with Gasteiger partial charge in [0.15, 0.2) is 0 Å². The summed E-state index contributed by atoms with van der Waals surface area (Å²) in [5, 5.41) is 9.44. The summed E-state index contributed by atoms with van der Waals surface area (Å²) >= 11 is 0. The monoisotopic (exact) mass is 324 g/mol. The number of rotatable bonds is 5. The third-order valence-corrected chi connectivity index (χ3v) is 4.29. The highest BCUT2D eigenvalue weighted by molar-refractivity contribution is 7.88. The SMILES string of the molecule is C/C(CCC(=O)Nc1ccc(F)cc1)=N\N=S1\CNC(=O)C1. The Morgan fingerprint density at radius 1 is 1.36 bits per heavy atom. The van der Waals surface area contributed by atoms with Gasteiger partial charge in [0.2, 0.25) is 11.8 Å². The largest absolute Gasteiger partial charge is 0.345 e. The number of nitrogens with zero attached hydrogens (tertiary/aromatic N) is 2. The van der Waals surface area contributed by atoms with Crippen molar-refractivity contribution in [3.8, 4) is 0 Å². The van der Waals surface area contributed by atoms with Gasteiger partial charge in [-0.25, -0.2) is 4.39 Å². The number of hydrogen-bond donors (Lipinski definition) is 2. The van der Waals surface area contributed by atoms with Crippen molar-refractivity contribution in [3.05, 3.63) is 30.1 Å². The number of carbonyl (C=O) groups excluding carboxylic acids is 2. The van der Waals surface area contributed by atoms with Crippen molar-refractivity contribution in [1.82, 2.24) is 5.32 Å². The summed E-state index contributed by atoms with van der Waals surface area (Å²) in [6.45, 7) is 1.79. The van der Waals surface area contributed by atoms with Crippen LogP contribution in [0, 0.1) is 5.82 Å². The summed E-state index contributed by atoms with van der Waals surface area (Å²) in [5.74, 6) is 0.422. The molecule has 1 aromatic carbocycles. The Morgan fingerprint density at radius 2 is 2.09 bits per heavy atom. The standard InChI is InChI=1S/C14H17FN4O2S/c1-10(18-19-22-8-14(21)16-9-22)2-7-13(20)17-12-5-3-11(15)4-6-12/h3-6H,2,7-9H2,1H3,(H,16,21)(H,17,20)/b18-10+. The molecule has 2 amide bonds. The van der Waals surface area contributed by atoms with E-state index in [2.05, 4.69) is 20.2 Å². The van der Waals surface area contributed by atoms with E-state index >= 15 is 0 Å². The van der Waals surface area contributed by atoms with Crippen LogP contribution in [0.1, 0.15) is 19.8 Å². The number of hydrogen-bond acceptors (Lipinski definition) is 3. The molecule has 1 unspecified atom stereocenters. The molecule has 22 heavy (non-hydrogen) atoms. The first-order valence-electron chi connectivity index (χ1n) is 6.77. The summed E-state index contributed by atoms with van der Waals surface area (Å²) in [4.78, 5) is 22.8. The molecule has 2 N–H and O–H groups in total. The number of anilines is 1. The molecule has 0 saturated carbocycles. The van der Waals surface area contributed by atoms with Gasteiger partial charge in [0.05, 0.1) is 11.6 Å². The maximum absolute atomic E-state index is 12.8. The minimum Gasteiger partial charge on any atom is -0.345 e. The lowest BCUT2D eigenvalue weighted by molar-refractivity contribution is -0.118. The summed E-state index contributed by atoms with van der Waals surface area (Å²) in [7, 11) is -0.385. The molecule has 1 fully saturated rings. The molecule has 0 spiro atoms. The molecule has 8 heteroatoms. The second-order valence-corrected chi connectivity index (χ2v) is 6.49. The number of amides is 2. The molecule has 1 aliphatic rings. The maximum Gasteiger partial charge on any atom is 0.231 e. The Morgan fingerprint density at radius 3 is 2.73 bits per heavy atom. The van der Waals surface area contributed by atoms with Crippen LogP contribution >= 0.6 is 0 Å². The van der Waals surface area contributed by atoms with Crippen LogP contribution in [0.4, 0.5) is 10.1 Å². The Balaban J connectivity index is 1.78. The van der Waals surface area contributed by atoms with E-state index in [0.717, 1.165) is 5.71 Å². The average molecular weight is 324 g/mol. The van der Waals surface area contributed by atoms with Crippen LogP contribution in [-0.2, 0) is 20.3 Å². The van der Waals surface area contributed by atoms with E-state index in [9.17, 15) is 14.0 Å². The van der Waals surface area contributed by atoms with E-state index in [4.69, 9.17) is 0 Å². The molecule has 118 valence electrons. The number of carbonyl (C=O) groups is 2. The topological polar surface area (TPSA) is 82.9 Å². The molecule has 1 heterocycles. The van der Waals surface area contributed by atoms with Gasteiger partial charge in [-0.1, -0.05) is 0 Å². The van der Waals surface area contributed by atoms with Gasteiger partial charge in [-0.05, 0) is 48.3 Å². The van der Waals surface area contributed by atoms with Crippen molar-refractivity contribution in [1.29, 1.82) is 0 Å². The molecule has 6 nitrogen and oxygen atoms in total. The van der Waals surface area contributed by atoms with E-state index in [1.165, 1.54) is 24.3 Å². The zero-order valence-corrected chi connectivity index (χ0v) is 13.0. The van der Waals surface area contributed by atoms with Crippen molar-refractivity contribution in [2.24, 2.45) is 9.57 Å². The predicted molar refractivity (Wildman–Crippen MR) is 85.0 cm³/mol. The fraction of sp³-hybridized carbons (Fsp3) is 0.357. The maximum atomic E-state index is 12.8. The van der Waals surface area contributed by atoms with Crippen LogP contribution in [0.15, 0.2) is 33.8 Å². The first-order chi connectivity index (χ1) is 10.5. The van der Waals surface area contributed by atoms with Gasteiger partial charge in [0.25, 0.3) is 0 Å². The molecule has 0 bridgehead atoms. The van der Waals surface area contributed by atoms with Crippen molar-refractivity contribution in [2.75, 3.05) is 16.9 Å². The zero-order chi connectivity index (χ0) is 15.9. The van der Waals surface area contributed by atoms with Gasteiger partial charge in [-0.2, -0.15) is 5.10 Å². The van der Waals surface area contributed by atoms with Gasteiger partial charge < -0.3 is 10.6 Å². The lowest BCUT2D eigenvalue weighted by Crippen LogP contribution is -2.14. The van der Waals surface area contributed by atoms with Crippen LogP contribution < -0.4 is 10.6 Å². The van der Waals surface area contributed by atoms with E-state index in [-0.39, 0.29) is 34.7 Å². The van der Waals surface area contributed by atoms with Gasteiger partial charge in [0, 0.05) is 17.8 Å². The fourth-order valence-corrected chi connectivity index (χ4v) is 2.91. The number of nitrogens with one attached hydrogen (secondary N) is 2. The highest BCUT2D eigenvalue weighted by atomic mass is 32.2. The van der Waals surface area contributed by atoms with Gasteiger partial charge >= 0.3 is 0 Å². The molecule has 1 aromatic rings. The summed E-state index contributed by atoms with van der Waals surface area (Å²) in [6.07, 6.45) is 0.752. The Labute approximate surface area is 130 Å². The molecule has 2 rings (SSSR count). The quantitative estimate of drug-likeness (QED) is 0.639. The second kappa shape index (κ2) is 7.79. The van der Waals surface area contributed by atoms with Gasteiger partial charge in [-0.15, -0.1) is 4.47 Å². The second-order valence-electron chi connectivity index (χ2n) is 4.82. The van der Waals surface area contributed by atoms with Crippen molar-refractivity contribution < 1.29 is 14.0 Å². The molecule has 1 aliphatic heterocycles. The Hall–Kier alpha value is -2.09. The van der Waals surface area contributed by atoms with E-state index < -0.39 is 0 Å². The summed E-state index contributed by atoms with van der Waals surface area (Å²) < 4.78 is 16.9. The Bertz CT molecular complexity index is 628. The predicted octanol–water partition coefficient (Wildman–Crippen LogP) is 1.81. The van der Waals surface area contributed by atoms with Crippen LogP contribution in [0.5, 0.6) is 0 Å². The minimum atomic E-state index is -0.385. The van der Waals surface area contributed by atoms with Crippen molar-refractivity contribution >= 4 is 33.9 Å². The third-order valence-electron chi connectivity index (χ3n) is 2.90. The van der Waals surface area contributed by atoms with E-state index in [0.29, 0.717) is 23.7 Å². The molecule has 0 aromatic heterocycles. The molecule has 0 radical (unpaired) electrons. The van der Waals surface area contributed by atoms with Crippen molar-refractivity contribution in [3.63, 3.8) is 0 Å². The molecule has 1 saturated heterocycles. The molecular weight excluding hydrogens is 307 g/mol. The highest BCUT2D eigenvalue weighted by Gasteiger charge is 2.14. The van der Waals surface area contributed by atoms with Gasteiger partial charge in [-0.3, -0.25) is 9.59 Å². The first kappa shape index (κ1) is 16.3. The summed E-state index contributed by atoms with van der Waals surface area (Å²) in [5.41, 5.74) is 1.30. The number of benzene rings is 1. The Kier molecular flexibility index (Phi) is 5.76. The average Bonchev–Trinajstić information content (AvgIpc) is 2.91. The van der Waals surface area contributed by atoms with E-state index in [1.54, 1.807) is 6.92 Å². The molecule has 1 atom stereocenters.